The molecule has 0 aliphatic carbocycles. The third-order valence-electron chi connectivity index (χ3n) is 1.33. The van der Waals surface area contributed by atoms with Gasteiger partial charge in [0.2, 0.25) is 5.17 Å². The summed E-state index contributed by atoms with van der Waals surface area (Å²) in [6.07, 6.45) is 3.37. The molecule has 60 valence electrons. The van der Waals surface area contributed by atoms with E-state index in [2.05, 4.69) is 10.1 Å². The SMILES string of the molecule is CCn1ccnc1/C(Cl)=N/O. The van der Waals surface area contributed by atoms with Gasteiger partial charge in [-0.2, -0.15) is 0 Å². The summed E-state index contributed by atoms with van der Waals surface area (Å²) in [5.74, 6) is 0.483. The van der Waals surface area contributed by atoms with Crippen molar-refractivity contribution in [3.05, 3.63) is 18.2 Å². The Kier molecular flexibility index (Phi) is 2.48. The van der Waals surface area contributed by atoms with E-state index in [1.165, 1.54) is 0 Å². The van der Waals surface area contributed by atoms with Crippen LogP contribution in [0, 0.1) is 0 Å². The van der Waals surface area contributed by atoms with Gasteiger partial charge in [0.05, 0.1) is 0 Å². The number of aromatic nitrogens is 2. The van der Waals surface area contributed by atoms with Crippen LogP contribution in [0.1, 0.15) is 12.7 Å². The Bertz CT molecular complexity index is 269. The molecule has 1 rings (SSSR count). The highest BCUT2D eigenvalue weighted by molar-refractivity contribution is 6.68. The van der Waals surface area contributed by atoms with Crippen molar-refractivity contribution in [3.63, 3.8) is 0 Å². The molecule has 0 saturated heterocycles. The van der Waals surface area contributed by atoms with E-state index in [-0.39, 0.29) is 5.17 Å². The second-order valence-corrected chi connectivity index (χ2v) is 2.29. The number of imidazole rings is 1. The Labute approximate surface area is 69.1 Å². The lowest BCUT2D eigenvalue weighted by molar-refractivity contribution is 0.320. The summed E-state index contributed by atoms with van der Waals surface area (Å²) in [5.41, 5.74) is 0. The molecule has 5 heteroatoms. The van der Waals surface area contributed by atoms with Gasteiger partial charge in [0.1, 0.15) is 0 Å². The minimum absolute atomic E-state index is 0.0110. The van der Waals surface area contributed by atoms with E-state index in [0.717, 1.165) is 6.54 Å². The molecular formula is C6H8ClN3O. The Morgan fingerprint density at radius 3 is 3.18 bits per heavy atom. The van der Waals surface area contributed by atoms with Crippen LogP contribution in [0.15, 0.2) is 17.5 Å². The average molecular weight is 174 g/mol. The molecular weight excluding hydrogens is 166 g/mol. The minimum Gasteiger partial charge on any atom is -0.410 e. The van der Waals surface area contributed by atoms with Crippen LogP contribution in [-0.2, 0) is 6.54 Å². The fourth-order valence-corrected chi connectivity index (χ4v) is 0.958. The summed E-state index contributed by atoms with van der Waals surface area (Å²) in [6.45, 7) is 2.70. The molecule has 0 unspecified atom stereocenters. The van der Waals surface area contributed by atoms with Gasteiger partial charge >= 0.3 is 0 Å². The van der Waals surface area contributed by atoms with Gasteiger partial charge in [-0.1, -0.05) is 16.8 Å². The van der Waals surface area contributed by atoms with Crippen LogP contribution >= 0.6 is 11.6 Å². The zero-order valence-electron chi connectivity index (χ0n) is 6.03. The first-order valence-corrected chi connectivity index (χ1v) is 3.56. The number of hydrogen-bond donors (Lipinski definition) is 1. The molecule has 0 fully saturated rings. The number of rotatable bonds is 2. The topological polar surface area (TPSA) is 50.4 Å². The van der Waals surface area contributed by atoms with Crippen molar-refractivity contribution in [2.45, 2.75) is 13.5 Å². The Morgan fingerprint density at radius 1 is 1.91 bits per heavy atom. The number of nitrogens with zero attached hydrogens (tertiary/aromatic N) is 3. The summed E-state index contributed by atoms with van der Waals surface area (Å²) in [5, 5.41) is 11.2. The predicted octanol–water partition coefficient (Wildman–Crippen LogP) is 1.28. The zero-order chi connectivity index (χ0) is 8.27. The first kappa shape index (κ1) is 8.07. The van der Waals surface area contributed by atoms with E-state index in [0.29, 0.717) is 5.82 Å². The minimum atomic E-state index is 0.0110. The van der Waals surface area contributed by atoms with Gasteiger partial charge in [-0.15, -0.1) is 0 Å². The van der Waals surface area contributed by atoms with Gasteiger partial charge in [-0.25, -0.2) is 4.98 Å². The van der Waals surface area contributed by atoms with Crippen LogP contribution in [0.25, 0.3) is 0 Å². The van der Waals surface area contributed by atoms with Crippen LogP contribution in [0.4, 0.5) is 0 Å². The Balaban J connectivity index is 3.02. The van der Waals surface area contributed by atoms with E-state index < -0.39 is 0 Å². The Hall–Kier alpha value is -1.03. The highest BCUT2D eigenvalue weighted by atomic mass is 35.5. The van der Waals surface area contributed by atoms with Crippen molar-refractivity contribution < 1.29 is 5.21 Å². The van der Waals surface area contributed by atoms with E-state index in [4.69, 9.17) is 16.8 Å². The van der Waals surface area contributed by atoms with Gasteiger partial charge < -0.3 is 9.77 Å². The van der Waals surface area contributed by atoms with Crippen LogP contribution in [0.5, 0.6) is 0 Å². The first-order valence-electron chi connectivity index (χ1n) is 3.18. The van der Waals surface area contributed by atoms with Crippen molar-refractivity contribution >= 4 is 16.8 Å². The van der Waals surface area contributed by atoms with Gasteiger partial charge in [0.25, 0.3) is 0 Å². The second kappa shape index (κ2) is 3.39. The number of hydrogen-bond acceptors (Lipinski definition) is 3. The molecule has 0 aromatic carbocycles. The molecule has 0 amide bonds. The van der Waals surface area contributed by atoms with Crippen LogP contribution < -0.4 is 0 Å². The van der Waals surface area contributed by atoms with Crippen molar-refractivity contribution in [2.75, 3.05) is 0 Å². The fraction of sp³-hybridized carbons (Fsp3) is 0.333. The number of oxime groups is 1. The molecule has 1 heterocycles. The molecule has 0 atom stereocenters. The highest BCUT2D eigenvalue weighted by Gasteiger charge is 2.06. The molecule has 0 radical (unpaired) electrons. The molecule has 4 nitrogen and oxygen atoms in total. The van der Waals surface area contributed by atoms with Gasteiger partial charge in [0.15, 0.2) is 5.82 Å². The normalized spacial score (nSPS) is 12.0. The van der Waals surface area contributed by atoms with Crippen LogP contribution in [-0.4, -0.2) is 19.9 Å². The third-order valence-corrected chi connectivity index (χ3v) is 1.57. The maximum atomic E-state index is 8.33. The first-order chi connectivity index (χ1) is 5.29. The number of halogens is 1. The van der Waals surface area contributed by atoms with Crippen molar-refractivity contribution in [3.8, 4) is 0 Å². The van der Waals surface area contributed by atoms with E-state index >= 15 is 0 Å². The fourth-order valence-electron chi connectivity index (χ4n) is 0.801. The zero-order valence-corrected chi connectivity index (χ0v) is 6.78. The lowest BCUT2D eigenvalue weighted by Crippen LogP contribution is -2.04. The van der Waals surface area contributed by atoms with Crippen molar-refractivity contribution in [1.82, 2.24) is 9.55 Å². The lowest BCUT2D eigenvalue weighted by Gasteiger charge is -1.99. The summed E-state index contributed by atoms with van der Waals surface area (Å²) < 4.78 is 1.78. The molecule has 0 aliphatic rings. The summed E-state index contributed by atoms with van der Waals surface area (Å²) in [7, 11) is 0. The van der Waals surface area contributed by atoms with Crippen molar-refractivity contribution in [2.24, 2.45) is 5.16 Å². The van der Waals surface area contributed by atoms with Crippen LogP contribution in [0.3, 0.4) is 0 Å². The predicted molar refractivity (Wildman–Crippen MR) is 42.1 cm³/mol. The molecule has 0 bridgehead atoms. The molecule has 11 heavy (non-hydrogen) atoms. The summed E-state index contributed by atoms with van der Waals surface area (Å²) >= 11 is 5.53. The van der Waals surface area contributed by atoms with Crippen molar-refractivity contribution in [1.29, 1.82) is 0 Å². The smallest absolute Gasteiger partial charge is 0.211 e. The highest BCUT2D eigenvalue weighted by Crippen LogP contribution is 2.02. The molecule has 1 aromatic heterocycles. The van der Waals surface area contributed by atoms with Gasteiger partial charge in [0, 0.05) is 18.9 Å². The quantitative estimate of drug-likeness (QED) is 0.416. The molecule has 1 N–H and O–H groups in total. The summed E-state index contributed by atoms with van der Waals surface area (Å²) in [4.78, 5) is 3.90. The Morgan fingerprint density at radius 2 is 2.64 bits per heavy atom. The van der Waals surface area contributed by atoms with Gasteiger partial charge in [-0.3, -0.25) is 0 Å². The third kappa shape index (κ3) is 1.51. The van der Waals surface area contributed by atoms with Crippen LogP contribution in [0.2, 0.25) is 0 Å². The second-order valence-electron chi connectivity index (χ2n) is 1.93. The number of aryl methyl sites for hydroxylation is 1. The van der Waals surface area contributed by atoms with Gasteiger partial charge in [-0.05, 0) is 6.92 Å². The monoisotopic (exact) mass is 173 g/mol. The molecule has 1 aromatic rings. The summed E-state index contributed by atoms with van der Waals surface area (Å²) in [6, 6.07) is 0. The maximum absolute atomic E-state index is 8.33. The average Bonchev–Trinajstić information content (AvgIpc) is 2.50. The largest absolute Gasteiger partial charge is 0.410 e. The van der Waals surface area contributed by atoms with E-state index in [1.54, 1.807) is 17.0 Å². The van der Waals surface area contributed by atoms with E-state index in [9.17, 15) is 0 Å². The van der Waals surface area contributed by atoms with E-state index in [1.807, 2.05) is 6.92 Å². The molecule has 0 spiro atoms. The maximum Gasteiger partial charge on any atom is 0.211 e. The lowest BCUT2D eigenvalue weighted by atomic mass is 10.6. The standard InChI is InChI=1S/C6H8ClN3O/c1-2-10-4-3-8-6(10)5(7)9-11/h3-4,11H,2H2,1H3/b9-5-. The molecule has 0 saturated carbocycles. The molecule has 0 aliphatic heterocycles.